The Morgan fingerprint density at radius 2 is 2.07 bits per heavy atom. The van der Waals surface area contributed by atoms with Gasteiger partial charge in [0, 0.05) is 13.0 Å². The van der Waals surface area contributed by atoms with Gasteiger partial charge in [0.1, 0.15) is 0 Å². The third kappa shape index (κ3) is 3.38. The number of rotatable bonds is 4. The number of carbonyl (C=O) groups is 1. The molecule has 2 N–H and O–H groups in total. The Balaban J connectivity index is 2.24. The average Bonchev–Trinajstić information content (AvgIpc) is 2.26. The zero-order chi connectivity index (χ0) is 10.4. The monoisotopic (exact) mass is 211 g/mol. The van der Waals surface area contributed by atoms with Crippen LogP contribution in [0.25, 0.3) is 0 Å². The van der Waals surface area contributed by atoms with Gasteiger partial charge in [-0.05, 0) is 31.7 Å². The van der Waals surface area contributed by atoms with Gasteiger partial charge in [-0.3, -0.25) is 0 Å². The quantitative estimate of drug-likeness (QED) is 0.403. The molecule has 1 rings (SSSR count). The lowest BCUT2D eigenvalue weighted by atomic mass is 9.83. The molecule has 1 fully saturated rings. The third-order valence-corrected chi connectivity index (χ3v) is 3.28. The minimum absolute atomic E-state index is 0.455. The van der Waals surface area contributed by atoms with Gasteiger partial charge in [-0.1, -0.05) is 12.2 Å². The fourth-order valence-corrected chi connectivity index (χ4v) is 2.14. The Bertz CT molecular complexity index is 205. The molecule has 1 saturated carbocycles. The van der Waals surface area contributed by atoms with Gasteiger partial charge in [0.15, 0.2) is 0 Å². The van der Waals surface area contributed by atoms with Crippen LogP contribution in [0.2, 0.25) is 0 Å². The van der Waals surface area contributed by atoms with Crippen LogP contribution >= 0.6 is 12.2 Å². The largest absolute Gasteiger partial charge is 0.383 e. The molecule has 0 heterocycles. The van der Waals surface area contributed by atoms with Gasteiger partial charge in [-0.25, -0.2) is 0 Å². The van der Waals surface area contributed by atoms with Crippen molar-refractivity contribution in [2.45, 2.75) is 31.7 Å². The Kier molecular flexibility index (Phi) is 5.11. The van der Waals surface area contributed by atoms with Gasteiger partial charge in [0.25, 0.3) is 7.41 Å². The first kappa shape index (κ1) is 11.7. The van der Waals surface area contributed by atoms with Crippen molar-refractivity contribution in [3.05, 3.63) is 0 Å². The molecule has 14 heavy (non-hydrogen) atoms. The first-order chi connectivity index (χ1) is 6.77. The Labute approximate surface area is 91.3 Å². The van der Waals surface area contributed by atoms with Crippen LogP contribution in [0.15, 0.2) is 0 Å². The van der Waals surface area contributed by atoms with Gasteiger partial charge in [-0.2, -0.15) is 0 Å². The molecular weight excluding hydrogens is 195 g/mol. The number of hydrogen-bond donors (Lipinski definition) is 2. The molecule has 0 amide bonds. The summed E-state index contributed by atoms with van der Waals surface area (Å²) in [7, 11) is 3.37. The van der Waals surface area contributed by atoms with E-state index < -0.39 is 0 Å². The summed E-state index contributed by atoms with van der Waals surface area (Å²) in [5.74, 6) is 0.532. The van der Waals surface area contributed by atoms with Crippen molar-refractivity contribution in [3.63, 3.8) is 0 Å². The van der Waals surface area contributed by atoms with Crippen molar-refractivity contribution >= 4 is 30.8 Å². The fraction of sp³-hybridized carbons (Fsp3) is 0.778. The van der Waals surface area contributed by atoms with Crippen LogP contribution in [0.3, 0.4) is 0 Å². The van der Waals surface area contributed by atoms with Crippen molar-refractivity contribution in [1.82, 2.24) is 10.5 Å². The van der Waals surface area contributed by atoms with Crippen LogP contribution in [0.1, 0.15) is 25.7 Å². The van der Waals surface area contributed by atoms with E-state index in [4.69, 9.17) is 12.2 Å². The van der Waals surface area contributed by atoms with E-state index in [1.54, 1.807) is 0 Å². The molecule has 0 aliphatic heterocycles. The van der Waals surface area contributed by atoms with E-state index in [1.165, 1.54) is 7.41 Å². The summed E-state index contributed by atoms with van der Waals surface area (Å²) >= 11 is 5.21. The molecule has 0 saturated heterocycles. The number of carbonyl (C=O) groups excluding carboxylic acids is 1. The van der Waals surface area contributed by atoms with Crippen molar-refractivity contribution in [1.29, 1.82) is 0 Å². The minimum atomic E-state index is 0.455. The molecule has 0 bridgehead atoms. The maximum Gasteiger partial charge on any atom is 0.290 e. The standard InChI is InChI=1S/C9H16BN2OS/c1-11-9(14)7-2-4-8(5-3-7)12-10-6-13/h6-8,12H,2-5H2,1H3,(H,11,14). The summed E-state index contributed by atoms with van der Waals surface area (Å²) < 4.78 is 0. The lowest BCUT2D eigenvalue weighted by Crippen LogP contribution is -2.39. The first-order valence-electron chi connectivity index (χ1n) is 5.02. The van der Waals surface area contributed by atoms with Crippen LogP contribution < -0.4 is 10.5 Å². The summed E-state index contributed by atoms with van der Waals surface area (Å²) in [6.45, 7) is 0. The van der Waals surface area contributed by atoms with E-state index in [2.05, 4.69) is 10.5 Å². The highest BCUT2D eigenvalue weighted by atomic mass is 32.1. The van der Waals surface area contributed by atoms with Gasteiger partial charge >= 0.3 is 0 Å². The molecule has 1 aliphatic carbocycles. The highest BCUT2D eigenvalue weighted by Crippen LogP contribution is 2.24. The molecule has 0 unspecified atom stereocenters. The highest BCUT2D eigenvalue weighted by molar-refractivity contribution is 7.80. The number of nitrogens with one attached hydrogen (secondary N) is 2. The molecule has 1 radical (unpaired) electrons. The van der Waals surface area contributed by atoms with Crippen LogP contribution in [-0.2, 0) is 4.79 Å². The lowest BCUT2D eigenvalue weighted by molar-refractivity contribution is 0.373. The molecule has 1 aliphatic rings. The van der Waals surface area contributed by atoms with Gasteiger partial charge in [0.2, 0.25) is 0 Å². The summed E-state index contributed by atoms with van der Waals surface area (Å²) in [6.07, 6.45) is 5.21. The number of hydrogen-bond acceptors (Lipinski definition) is 3. The van der Waals surface area contributed by atoms with E-state index in [-0.39, 0.29) is 0 Å². The normalized spacial score (nSPS) is 26.6. The average molecular weight is 211 g/mol. The lowest BCUT2D eigenvalue weighted by Gasteiger charge is -2.29. The van der Waals surface area contributed by atoms with Crippen LogP contribution in [-0.4, -0.2) is 31.7 Å². The SMILES string of the molecule is CNC(=S)C1CCC(N[B]C=O)CC1. The van der Waals surface area contributed by atoms with Crippen LogP contribution in [0.4, 0.5) is 0 Å². The van der Waals surface area contributed by atoms with Gasteiger partial charge in [0.05, 0.1) is 11.2 Å². The van der Waals surface area contributed by atoms with Crippen molar-refractivity contribution in [2.24, 2.45) is 5.92 Å². The summed E-state index contributed by atoms with van der Waals surface area (Å²) in [5.41, 5.74) is 0. The number of thiocarbonyl (C=S) groups is 1. The molecule has 0 aromatic heterocycles. The molecule has 0 atom stereocenters. The van der Waals surface area contributed by atoms with Crippen molar-refractivity contribution in [2.75, 3.05) is 7.05 Å². The molecule has 5 heteroatoms. The minimum Gasteiger partial charge on any atom is -0.383 e. The van der Waals surface area contributed by atoms with E-state index in [0.29, 0.717) is 12.0 Å². The summed E-state index contributed by atoms with van der Waals surface area (Å²) in [6, 6.07) is 0.455. The first-order valence-corrected chi connectivity index (χ1v) is 5.43. The van der Waals surface area contributed by atoms with E-state index in [0.717, 1.165) is 36.9 Å². The Hall–Kier alpha value is -0.415. The Morgan fingerprint density at radius 1 is 1.43 bits per heavy atom. The topological polar surface area (TPSA) is 41.1 Å². The van der Waals surface area contributed by atoms with E-state index >= 15 is 0 Å². The predicted octanol–water partition coefficient (Wildman–Crippen LogP) is 0.491. The smallest absolute Gasteiger partial charge is 0.290 e. The zero-order valence-corrected chi connectivity index (χ0v) is 9.27. The van der Waals surface area contributed by atoms with Crippen LogP contribution in [0, 0.1) is 5.92 Å². The molecule has 0 aromatic carbocycles. The molecule has 77 valence electrons. The van der Waals surface area contributed by atoms with Gasteiger partial charge in [-0.15, -0.1) is 0 Å². The maximum atomic E-state index is 10.1. The van der Waals surface area contributed by atoms with Crippen molar-refractivity contribution < 1.29 is 4.79 Å². The summed E-state index contributed by atoms with van der Waals surface area (Å²) in [4.78, 5) is 11.1. The Morgan fingerprint density at radius 3 is 2.57 bits per heavy atom. The van der Waals surface area contributed by atoms with Crippen molar-refractivity contribution in [3.8, 4) is 0 Å². The molecule has 0 spiro atoms. The molecular formula is C9H16BN2OS. The summed E-state index contributed by atoms with van der Waals surface area (Å²) in [5, 5.41) is 6.13. The van der Waals surface area contributed by atoms with Crippen LogP contribution in [0.5, 0.6) is 0 Å². The van der Waals surface area contributed by atoms with E-state index in [9.17, 15) is 4.79 Å². The fourth-order valence-electron chi connectivity index (χ4n) is 1.90. The highest BCUT2D eigenvalue weighted by Gasteiger charge is 2.22. The van der Waals surface area contributed by atoms with Gasteiger partial charge < -0.3 is 15.3 Å². The second-order valence-electron chi connectivity index (χ2n) is 3.63. The second kappa shape index (κ2) is 6.14. The molecule has 0 aromatic rings. The molecule has 3 nitrogen and oxygen atoms in total. The predicted molar refractivity (Wildman–Crippen MR) is 63.0 cm³/mol. The van der Waals surface area contributed by atoms with E-state index in [1.807, 2.05) is 7.05 Å². The maximum absolute atomic E-state index is 10.1. The third-order valence-electron chi connectivity index (χ3n) is 2.74. The zero-order valence-electron chi connectivity index (χ0n) is 8.45. The second-order valence-corrected chi connectivity index (χ2v) is 4.07.